The third-order valence-electron chi connectivity index (χ3n) is 4.90. The van der Waals surface area contributed by atoms with E-state index in [4.69, 9.17) is 13.9 Å². The first-order chi connectivity index (χ1) is 15.5. The minimum atomic E-state index is -0.963. The molecule has 32 heavy (non-hydrogen) atoms. The molecule has 0 saturated carbocycles. The molecule has 0 amide bonds. The molecule has 0 aliphatic carbocycles. The predicted molar refractivity (Wildman–Crippen MR) is 116 cm³/mol. The molecule has 1 atom stereocenters. The van der Waals surface area contributed by atoms with E-state index in [2.05, 4.69) is 15.3 Å². The summed E-state index contributed by atoms with van der Waals surface area (Å²) in [5, 5.41) is 13.7. The van der Waals surface area contributed by atoms with Crippen molar-refractivity contribution in [2.75, 3.05) is 19.0 Å². The smallest absolute Gasteiger partial charge is 0.329 e. The molecule has 4 rings (SSSR count). The lowest BCUT2D eigenvalue weighted by Gasteiger charge is -2.16. The third-order valence-corrected chi connectivity index (χ3v) is 4.90. The van der Waals surface area contributed by atoms with Gasteiger partial charge in [-0.3, -0.25) is 14.3 Å². The Labute approximate surface area is 181 Å². The van der Waals surface area contributed by atoms with Gasteiger partial charge < -0.3 is 28.9 Å². The number of aromatic amines is 1. The van der Waals surface area contributed by atoms with Crippen molar-refractivity contribution in [2.24, 2.45) is 7.05 Å². The summed E-state index contributed by atoms with van der Waals surface area (Å²) in [5.74, 6) is 2.23. The van der Waals surface area contributed by atoms with Gasteiger partial charge >= 0.3 is 5.69 Å². The second kappa shape index (κ2) is 9.02. The second-order valence-electron chi connectivity index (χ2n) is 7.11. The lowest BCUT2D eigenvalue weighted by molar-refractivity contribution is 0.0938. The van der Waals surface area contributed by atoms with Crippen LogP contribution in [0.1, 0.15) is 5.76 Å². The SMILES string of the molecule is COc1ccc(OC[C@@H](O)Cn2c(NCc3ccco3)nc3c2c(=O)[nH]c(=O)n3C)cc1. The van der Waals surface area contributed by atoms with Crippen LogP contribution < -0.4 is 26.0 Å². The molecule has 0 fully saturated rings. The number of H-pyrrole nitrogens is 1. The van der Waals surface area contributed by atoms with Gasteiger partial charge in [-0.2, -0.15) is 4.98 Å². The average molecular weight is 441 g/mol. The summed E-state index contributed by atoms with van der Waals surface area (Å²) in [7, 11) is 3.08. The van der Waals surface area contributed by atoms with Gasteiger partial charge in [-0.1, -0.05) is 0 Å². The summed E-state index contributed by atoms with van der Waals surface area (Å²) < 4.78 is 18.8. The largest absolute Gasteiger partial charge is 0.497 e. The molecule has 0 unspecified atom stereocenters. The first-order valence-corrected chi connectivity index (χ1v) is 9.87. The number of methoxy groups -OCH3 is 1. The van der Waals surface area contributed by atoms with Crippen LogP contribution in [0.4, 0.5) is 5.95 Å². The number of ether oxygens (including phenoxy) is 2. The molecule has 3 aromatic heterocycles. The summed E-state index contributed by atoms with van der Waals surface area (Å²) in [6.07, 6.45) is 0.588. The minimum Gasteiger partial charge on any atom is -0.497 e. The molecule has 0 spiro atoms. The van der Waals surface area contributed by atoms with E-state index in [1.165, 1.54) is 16.2 Å². The van der Waals surface area contributed by atoms with E-state index in [1.54, 1.807) is 49.8 Å². The molecule has 0 aliphatic rings. The molecule has 0 bridgehead atoms. The number of nitrogens with zero attached hydrogens (tertiary/aromatic N) is 3. The Morgan fingerprint density at radius 2 is 1.97 bits per heavy atom. The zero-order valence-corrected chi connectivity index (χ0v) is 17.6. The number of rotatable bonds is 9. The first kappa shape index (κ1) is 21.2. The van der Waals surface area contributed by atoms with Gasteiger partial charge in [-0.15, -0.1) is 0 Å². The molecule has 11 nitrogen and oxygen atoms in total. The van der Waals surface area contributed by atoms with Crippen LogP contribution in [0.15, 0.2) is 56.7 Å². The van der Waals surface area contributed by atoms with Gasteiger partial charge in [0, 0.05) is 7.05 Å². The van der Waals surface area contributed by atoms with E-state index >= 15 is 0 Å². The highest BCUT2D eigenvalue weighted by Crippen LogP contribution is 2.19. The Hall–Kier alpha value is -3.99. The lowest BCUT2D eigenvalue weighted by atomic mass is 10.3. The van der Waals surface area contributed by atoms with E-state index in [0.29, 0.717) is 29.8 Å². The van der Waals surface area contributed by atoms with E-state index in [1.807, 2.05) is 0 Å². The van der Waals surface area contributed by atoms with Crippen molar-refractivity contribution in [3.63, 3.8) is 0 Å². The molecule has 0 radical (unpaired) electrons. The quantitative estimate of drug-likeness (QED) is 0.351. The number of hydrogen-bond donors (Lipinski definition) is 3. The zero-order chi connectivity index (χ0) is 22.7. The summed E-state index contributed by atoms with van der Waals surface area (Å²) >= 11 is 0. The Kier molecular flexibility index (Phi) is 5.99. The molecule has 3 heterocycles. The van der Waals surface area contributed by atoms with Crippen molar-refractivity contribution in [2.45, 2.75) is 19.2 Å². The highest BCUT2D eigenvalue weighted by atomic mass is 16.5. The number of aliphatic hydroxyl groups excluding tert-OH is 1. The van der Waals surface area contributed by atoms with Gasteiger partial charge in [-0.25, -0.2) is 4.79 Å². The van der Waals surface area contributed by atoms with Gasteiger partial charge in [0.05, 0.1) is 26.5 Å². The van der Waals surface area contributed by atoms with E-state index < -0.39 is 17.4 Å². The normalized spacial score (nSPS) is 12.1. The molecule has 168 valence electrons. The fourth-order valence-corrected chi connectivity index (χ4v) is 3.25. The Morgan fingerprint density at radius 3 is 2.66 bits per heavy atom. The number of furan rings is 1. The number of anilines is 1. The van der Waals surface area contributed by atoms with Crippen LogP contribution in [-0.4, -0.2) is 44.0 Å². The summed E-state index contributed by atoms with van der Waals surface area (Å²) in [5.41, 5.74) is -0.806. The summed E-state index contributed by atoms with van der Waals surface area (Å²) in [6, 6.07) is 10.5. The lowest BCUT2D eigenvalue weighted by Crippen LogP contribution is -2.30. The van der Waals surface area contributed by atoms with Crippen molar-refractivity contribution in [1.29, 1.82) is 0 Å². The maximum Gasteiger partial charge on any atom is 0.329 e. The minimum absolute atomic E-state index is 0.00836. The zero-order valence-electron chi connectivity index (χ0n) is 17.6. The van der Waals surface area contributed by atoms with Gasteiger partial charge in [-0.05, 0) is 36.4 Å². The maximum absolute atomic E-state index is 12.5. The van der Waals surface area contributed by atoms with Crippen molar-refractivity contribution < 1.29 is 19.0 Å². The van der Waals surface area contributed by atoms with Gasteiger partial charge in [0.15, 0.2) is 11.2 Å². The second-order valence-corrected chi connectivity index (χ2v) is 7.11. The van der Waals surface area contributed by atoms with Crippen molar-refractivity contribution >= 4 is 17.1 Å². The number of benzene rings is 1. The van der Waals surface area contributed by atoms with Crippen molar-refractivity contribution in [1.82, 2.24) is 19.1 Å². The fraction of sp³-hybridized carbons (Fsp3) is 0.286. The van der Waals surface area contributed by atoms with Crippen LogP contribution in [0.3, 0.4) is 0 Å². The first-order valence-electron chi connectivity index (χ1n) is 9.87. The molecule has 3 N–H and O–H groups in total. The molecular weight excluding hydrogens is 418 g/mol. The van der Waals surface area contributed by atoms with Gasteiger partial charge in [0.1, 0.15) is 30.0 Å². The molecule has 0 saturated heterocycles. The van der Waals surface area contributed by atoms with Gasteiger partial charge in [0.2, 0.25) is 5.95 Å². The van der Waals surface area contributed by atoms with Crippen LogP contribution in [0.25, 0.3) is 11.2 Å². The Bertz CT molecular complexity index is 1300. The van der Waals surface area contributed by atoms with Crippen LogP contribution >= 0.6 is 0 Å². The molecule has 0 aliphatic heterocycles. The highest BCUT2D eigenvalue weighted by Gasteiger charge is 2.20. The summed E-state index contributed by atoms with van der Waals surface area (Å²) in [6.45, 7) is 0.294. The number of nitrogens with one attached hydrogen (secondary N) is 2. The number of fused-ring (bicyclic) bond motifs is 1. The molecule has 1 aromatic carbocycles. The van der Waals surface area contributed by atoms with Crippen LogP contribution in [-0.2, 0) is 20.1 Å². The average Bonchev–Trinajstić information content (AvgIpc) is 3.43. The number of aliphatic hydroxyl groups is 1. The van der Waals surface area contributed by atoms with Crippen LogP contribution in [0.2, 0.25) is 0 Å². The third kappa shape index (κ3) is 4.37. The van der Waals surface area contributed by atoms with Gasteiger partial charge in [0.25, 0.3) is 5.56 Å². The Morgan fingerprint density at radius 1 is 1.22 bits per heavy atom. The number of hydrogen-bond acceptors (Lipinski definition) is 8. The summed E-state index contributed by atoms with van der Waals surface area (Å²) in [4.78, 5) is 31.2. The standard InChI is InChI=1S/C21H23N5O6/c1-25-18-17(19(28)24-21(25)29)26(20(23-18)22-10-16-4-3-9-31-16)11-13(27)12-32-15-7-5-14(30-2)6-8-15/h3-9,13,27H,10-12H2,1-2H3,(H,22,23)(H,24,28,29)/t13-/m0/s1. The molecular formula is C21H23N5O6. The predicted octanol–water partition coefficient (Wildman–Crippen LogP) is 1.08. The van der Waals surface area contributed by atoms with E-state index in [-0.39, 0.29) is 24.3 Å². The maximum atomic E-state index is 12.5. The topological polar surface area (TPSA) is 137 Å². The number of imidazole rings is 1. The van der Waals surface area contributed by atoms with Crippen LogP contribution in [0.5, 0.6) is 11.5 Å². The molecule has 11 heteroatoms. The van der Waals surface area contributed by atoms with Crippen molar-refractivity contribution in [3.05, 3.63) is 69.3 Å². The highest BCUT2D eigenvalue weighted by molar-refractivity contribution is 5.74. The van der Waals surface area contributed by atoms with Crippen molar-refractivity contribution in [3.8, 4) is 11.5 Å². The van der Waals surface area contributed by atoms with E-state index in [9.17, 15) is 14.7 Å². The van der Waals surface area contributed by atoms with Crippen LogP contribution in [0, 0.1) is 0 Å². The molecule has 4 aromatic rings. The van der Waals surface area contributed by atoms with E-state index in [0.717, 1.165) is 0 Å². The fourth-order valence-electron chi connectivity index (χ4n) is 3.25. The Balaban J connectivity index is 1.58. The monoisotopic (exact) mass is 441 g/mol. The number of aryl methyl sites for hydroxylation is 1. The number of aromatic nitrogens is 4.